The van der Waals surface area contributed by atoms with Crippen molar-refractivity contribution < 1.29 is 4.79 Å². The highest BCUT2D eigenvalue weighted by Gasteiger charge is 2.12. The van der Waals surface area contributed by atoms with Gasteiger partial charge >= 0.3 is 0 Å². The largest absolute Gasteiger partial charge is 0.289 e. The van der Waals surface area contributed by atoms with Crippen LogP contribution >= 0.6 is 0 Å². The molecular weight excluding hydrogens is 336 g/mol. The Morgan fingerprint density at radius 1 is 1.04 bits per heavy atom. The number of carbonyl (C=O) groups excluding carboxylic acids is 1. The fraction of sp³-hybridized carbons (Fsp3) is 0.0455. The molecule has 0 radical (unpaired) electrons. The maximum absolute atomic E-state index is 12.3. The van der Waals surface area contributed by atoms with Crippen molar-refractivity contribution >= 4 is 22.9 Å². The third-order valence-electron chi connectivity index (χ3n) is 4.35. The van der Waals surface area contributed by atoms with E-state index in [-0.39, 0.29) is 5.91 Å². The molecule has 0 saturated heterocycles. The van der Waals surface area contributed by atoms with Gasteiger partial charge in [0, 0.05) is 5.56 Å². The maximum Gasteiger partial charge on any atom is 0.289 e. The van der Waals surface area contributed by atoms with Crippen LogP contribution in [0.3, 0.4) is 0 Å². The summed E-state index contributed by atoms with van der Waals surface area (Å²) < 4.78 is 0. The molecule has 4 rings (SSSR count). The zero-order valence-corrected chi connectivity index (χ0v) is 14.8. The smallest absolute Gasteiger partial charge is 0.272 e. The van der Waals surface area contributed by atoms with E-state index in [0.717, 1.165) is 27.6 Å². The molecule has 0 fully saturated rings. The number of aromatic amines is 1. The standard InChI is InChI=1S/C22H18N4O/c1-15-9-11-16(12-10-15)14-23-26-22(27)21-13-20(24-25-21)19-8-4-6-17-5-2-3-7-18(17)19/h2-14H,1H3,(H,24,25)(H,26,27). The Kier molecular flexibility index (Phi) is 4.49. The van der Waals surface area contributed by atoms with Crippen molar-refractivity contribution in [2.24, 2.45) is 5.10 Å². The Morgan fingerprint density at radius 3 is 2.67 bits per heavy atom. The van der Waals surface area contributed by atoms with Gasteiger partial charge in [0.15, 0.2) is 0 Å². The number of carbonyl (C=O) groups is 1. The number of nitrogens with one attached hydrogen (secondary N) is 2. The van der Waals surface area contributed by atoms with Crippen LogP contribution in [0.5, 0.6) is 0 Å². The van der Waals surface area contributed by atoms with E-state index in [1.165, 1.54) is 5.56 Å². The summed E-state index contributed by atoms with van der Waals surface area (Å²) >= 11 is 0. The summed E-state index contributed by atoms with van der Waals surface area (Å²) in [6, 6.07) is 23.7. The highest BCUT2D eigenvalue weighted by molar-refractivity contribution is 5.98. The lowest BCUT2D eigenvalue weighted by atomic mass is 10.0. The molecule has 0 bridgehead atoms. The van der Waals surface area contributed by atoms with E-state index >= 15 is 0 Å². The van der Waals surface area contributed by atoms with Gasteiger partial charge in [-0.2, -0.15) is 10.2 Å². The molecule has 132 valence electrons. The molecule has 0 unspecified atom stereocenters. The highest BCUT2D eigenvalue weighted by atomic mass is 16.2. The fourth-order valence-corrected chi connectivity index (χ4v) is 2.90. The number of aromatic nitrogens is 2. The van der Waals surface area contributed by atoms with E-state index in [4.69, 9.17) is 0 Å². The Balaban J connectivity index is 1.52. The zero-order valence-electron chi connectivity index (χ0n) is 14.8. The third-order valence-corrected chi connectivity index (χ3v) is 4.35. The second-order valence-corrected chi connectivity index (χ2v) is 6.30. The topological polar surface area (TPSA) is 70.1 Å². The average Bonchev–Trinajstić information content (AvgIpc) is 3.19. The molecule has 1 aromatic heterocycles. The number of hydrazone groups is 1. The maximum atomic E-state index is 12.3. The number of H-pyrrole nitrogens is 1. The van der Waals surface area contributed by atoms with Crippen LogP contribution in [-0.2, 0) is 0 Å². The Hall–Kier alpha value is -3.73. The van der Waals surface area contributed by atoms with Crippen molar-refractivity contribution in [3.8, 4) is 11.3 Å². The zero-order chi connectivity index (χ0) is 18.6. The highest BCUT2D eigenvalue weighted by Crippen LogP contribution is 2.27. The van der Waals surface area contributed by atoms with Crippen LogP contribution in [0.1, 0.15) is 21.6 Å². The minimum absolute atomic E-state index is 0.336. The predicted molar refractivity (Wildman–Crippen MR) is 108 cm³/mol. The van der Waals surface area contributed by atoms with Crippen LogP contribution < -0.4 is 5.43 Å². The van der Waals surface area contributed by atoms with Crippen molar-refractivity contribution in [2.45, 2.75) is 6.92 Å². The van der Waals surface area contributed by atoms with Crippen molar-refractivity contribution in [3.63, 3.8) is 0 Å². The van der Waals surface area contributed by atoms with Crippen molar-refractivity contribution in [1.82, 2.24) is 15.6 Å². The van der Waals surface area contributed by atoms with Crippen molar-refractivity contribution in [2.75, 3.05) is 0 Å². The second-order valence-electron chi connectivity index (χ2n) is 6.30. The van der Waals surface area contributed by atoms with Gasteiger partial charge in [-0.15, -0.1) is 0 Å². The molecule has 5 nitrogen and oxygen atoms in total. The molecular formula is C22H18N4O. The molecule has 0 aliphatic rings. The quantitative estimate of drug-likeness (QED) is 0.424. The number of aryl methyl sites for hydroxylation is 1. The molecule has 5 heteroatoms. The molecule has 0 aliphatic carbocycles. The summed E-state index contributed by atoms with van der Waals surface area (Å²) in [6.07, 6.45) is 1.61. The molecule has 0 atom stereocenters. The molecule has 3 aromatic carbocycles. The normalized spacial score (nSPS) is 11.1. The number of hydrogen-bond acceptors (Lipinski definition) is 3. The van der Waals surface area contributed by atoms with Gasteiger partial charge in [0.1, 0.15) is 5.69 Å². The minimum Gasteiger partial charge on any atom is -0.272 e. The third kappa shape index (κ3) is 3.62. The Morgan fingerprint density at radius 2 is 1.81 bits per heavy atom. The van der Waals surface area contributed by atoms with E-state index in [1.807, 2.05) is 61.5 Å². The summed E-state index contributed by atoms with van der Waals surface area (Å²) in [5.74, 6) is -0.336. The average molecular weight is 354 g/mol. The van der Waals surface area contributed by atoms with Crippen LogP contribution in [-0.4, -0.2) is 22.3 Å². The number of benzene rings is 3. The summed E-state index contributed by atoms with van der Waals surface area (Å²) in [5, 5.41) is 13.3. The Labute approximate surface area is 156 Å². The van der Waals surface area contributed by atoms with Crippen molar-refractivity contribution in [1.29, 1.82) is 0 Å². The van der Waals surface area contributed by atoms with Crippen LogP contribution in [0.2, 0.25) is 0 Å². The van der Waals surface area contributed by atoms with Gasteiger partial charge in [-0.3, -0.25) is 9.89 Å². The predicted octanol–water partition coefficient (Wildman–Crippen LogP) is 4.30. The fourth-order valence-electron chi connectivity index (χ4n) is 2.90. The lowest BCUT2D eigenvalue weighted by Crippen LogP contribution is -2.17. The lowest BCUT2D eigenvalue weighted by Gasteiger charge is -2.02. The SMILES string of the molecule is Cc1ccc(C=NNC(=O)c2cc(-c3cccc4ccccc34)n[nH]2)cc1. The molecule has 4 aromatic rings. The van der Waals surface area contributed by atoms with Crippen LogP contribution in [0.25, 0.3) is 22.0 Å². The molecule has 27 heavy (non-hydrogen) atoms. The first-order valence-corrected chi connectivity index (χ1v) is 8.64. The van der Waals surface area contributed by atoms with Gasteiger partial charge in [-0.1, -0.05) is 72.3 Å². The van der Waals surface area contributed by atoms with E-state index in [1.54, 1.807) is 12.3 Å². The number of rotatable bonds is 4. The van der Waals surface area contributed by atoms with E-state index < -0.39 is 0 Å². The molecule has 1 amide bonds. The van der Waals surface area contributed by atoms with Gasteiger partial charge in [0.05, 0.1) is 11.9 Å². The van der Waals surface area contributed by atoms with Crippen LogP contribution in [0, 0.1) is 6.92 Å². The molecule has 0 saturated carbocycles. The summed E-state index contributed by atoms with van der Waals surface area (Å²) in [6.45, 7) is 2.02. The monoisotopic (exact) mass is 354 g/mol. The second kappa shape index (κ2) is 7.25. The first-order valence-electron chi connectivity index (χ1n) is 8.64. The van der Waals surface area contributed by atoms with Crippen LogP contribution in [0.15, 0.2) is 77.9 Å². The lowest BCUT2D eigenvalue weighted by molar-refractivity contribution is 0.0950. The number of fused-ring (bicyclic) bond motifs is 1. The molecule has 2 N–H and O–H groups in total. The van der Waals surface area contributed by atoms with E-state index in [0.29, 0.717) is 5.69 Å². The van der Waals surface area contributed by atoms with E-state index in [2.05, 4.69) is 32.9 Å². The number of nitrogens with zero attached hydrogens (tertiary/aromatic N) is 2. The van der Waals surface area contributed by atoms with E-state index in [9.17, 15) is 4.79 Å². The van der Waals surface area contributed by atoms with Gasteiger partial charge in [0.25, 0.3) is 5.91 Å². The van der Waals surface area contributed by atoms with Gasteiger partial charge in [-0.25, -0.2) is 5.43 Å². The molecule has 0 aliphatic heterocycles. The number of hydrogen-bond donors (Lipinski definition) is 2. The first kappa shape index (κ1) is 16.7. The first-order chi connectivity index (χ1) is 13.2. The van der Waals surface area contributed by atoms with Gasteiger partial charge in [-0.05, 0) is 29.3 Å². The Bertz CT molecular complexity index is 1120. The molecule has 1 heterocycles. The van der Waals surface area contributed by atoms with Crippen LogP contribution in [0.4, 0.5) is 0 Å². The van der Waals surface area contributed by atoms with Crippen molar-refractivity contribution in [3.05, 3.63) is 89.6 Å². The van der Waals surface area contributed by atoms with Gasteiger partial charge < -0.3 is 0 Å². The summed E-state index contributed by atoms with van der Waals surface area (Å²) in [7, 11) is 0. The van der Waals surface area contributed by atoms with Gasteiger partial charge in [0.2, 0.25) is 0 Å². The number of amides is 1. The summed E-state index contributed by atoms with van der Waals surface area (Å²) in [4.78, 5) is 12.3. The minimum atomic E-state index is -0.336. The molecule has 0 spiro atoms. The summed E-state index contributed by atoms with van der Waals surface area (Å²) in [5.41, 5.74) is 6.68.